The van der Waals surface area contributed by atoms with Crippen LogP contribution in [0.5, 0.6) is 0 Å². The summed E-state index contributed by atoms with van der Waals surface area (Å²) in [5.74, 6) is -0.882. The lowest BCUT2D eigenvalue weighted by molar-refractivity contribution is -0.148. The molecule has 2 aromatic carbocycles. The average Bonchev–Trinajstić information content (AvgIpc) is 3.50. The predicted octanol–water partition coefficient (Wildman–Crippen LogP) is 3.58. The fraction of sp³-hybridized carbons (Fsp3) is 0.423. The number of amides is 2. The molecule has 0 spiro atoms. The molecule has 2 saturated heterocycles. The molecule has 6 rings (SSSR count). The molecule has 0 radical (unpaired) electrons. The molecule has 0 aromatic heterocycles. The molecule has 3 unspecified atom stereocenters. The van der Waals surface area contributed by atoms with Gasteiger partial charge in [-0.05, 0) is 53.0 Å². The lowest BCUT2D eigenvalue weighted by atomic mass is 9.74. The third-order valence-corrected chi connectivity index (χ3v) is 8.05. The molecule has 178 valence electrons. The maximum atomic E-state index is 13.2. The Morgan fingerprint density at radius 3 is 2.35 bits per heavy atom. The highest BCUT2D eigenvalue weighted by Gasteiger charge is 2.57. The van der Waals surface area contributed by atoms with Gasteiger partial charge in [0.1, 0.15) is 12.6 Å². The van der Waals surface area contributed by atoms with Gasteiger partial charge < -0.3 is 20.1 Å². The minimum Gasteiger partial charge on any atom is -0.481 e. The normalized spacial score (nSPS) is 23.0. The number of rotatable bonds is 8. The van der Waals surface area contributed by atoms with E-state index in [4.69, 9.17) is 4.74 Å². The lowest BCUT2D eigenvalue weighted by Crippen LogP contribution is -2.52. The van der Waals surface area contributed by atoms with Crippen molar-refractivity contribution in [1.29, 1.82) is 0 Å². The van der Waals surface area contributed by atoms with Crippen LogP contribution in [0.2, 0.25) is 0 Å². The first-order chi connectivity index (χ1) is 16.5. The Balaban J connectivity index is 1.24. The fourth-order valence-electron chi connectivity index (χ4n) is 5.71. The molecule has 2 amide bonds. The van der Waals surface area contributed by atoms with Crippen LogP contribution in [0.25, 0.3) is 11.1 Å². The van der Waals surface area contributed by atoms with Gasteiger partial charge in [-0.3, -0.25) is 9.59 Å². The summed E-state index contributed by atoms with van der Waals surface area (Å²) in [6, 6.07) is 15.3. The molecule has 1 saturated carbocycles. The van der Waals surface area contributed by atoms with Gasteiger partial charge in [0.05, 0.1) is 5.92 Å². The van der Waals surface area contributed by atoms with E-state index in [0.717, 1.165) is 28.7 Å². The zero-order chi connectivity index (χ0) is 23.8. The number of fused-ring (bicyclic) bond motifs is 4. The SMILES string of the molecule is CSCC[C@@H](NC(=O)OCC1c2ccccc2-c2ccccc21)C(=O)N1CC2CC1C2C(=O)O. The molecule has 3 fully saturated rings. The van der Waals surface area contributed by atoms with Gasteiger partial charge in [-0.25, -0.2) is 4.79 Å². The number of aliphatic carboxylic acids is 1. The van der Waals surface area contributed by atoms with Gasteiger partial charge in [0, 0.05) is 18.5 Å². The highest BCUT2D eigenvalue weighted by molar-refractivity contribution is 7.98. The second-order valence-electron chi connectivity index (χ2n) is 9.22. The highest BCUT2D eigenvalue weighted by atomic mass is 32.2. The number of hydrogen-bond donors (Lipinski definition) is 2. The first kappa shape index (κ1) is 22.8. The van der Waals surface area contributed by atoms with Gasteiger partial charge in [-0.1, -0.05) is 48.5 Å². The van der Waals surface area contributed by atoms with Crippen LogP contribution in [0.15, 0.2) is 48.5 Å². The van der Waals surface area contributed by atoms with Crippen molar-refractivity contribution < 1.29 is 24.2 Å². The van der Waals surface area contributed by atoms with Crippen LogP contribution in [0.1, 0.15) is 29.9 Å². The van der Waals surface area contributed by atoms with E-state index in [1.807, 2.05) is 30.5 Å². The summed E-state index contributed by atoms with van der Waals surface area (Å²) in [6.45, 7) is 0.626. The summed E-state index contributed by atoms with van der Waals surface area (Å²) >= 11 is 1.59. The minimum atomic E-state index is -0.846. The molecule has 2 aliphatic heterocycles. The van der Waals surface area contributed by atoms with Crippen molar-refractivity contribution in [3.63, 3.8) is 0 Å². The number of carboxylic acids is 1. The van der Waals surface area contributed by atoms with E-state index in [1.165, 1.54) is 0 Å². The van der Waals surface area contributed by atoms with Crippen molar-refractivity contribution in [3.05, 3.63) is 59.7 Å². The van der Waals surface area contributed by atoms with E-state index in [9.17, 15) is 19.5 Å². The summed E-state index contributed by atoms with van der Waals surface area (Å²) in [5.41, 5.74) is 4.56. The first-order valence-electron chi connectivity index (χ1n) is 11.6. The van der Waals surface area contributed by atoms with E-state index in [0.29, 0.717) is 18.7 Å². The Hall–Kier alpha value is -3.00. The number of alkyl carbamates (subject to hydrolysis) is 1. The highest BCUT2D eigenvalue weighted by Crippen LogP contribution is 2.47. The van der Waals surface area contributed by atoms with Crippen LogP contribution in [0.4, 0.5) is 4.79 Å². The molecule has 7 nitrogen and oxygen atoms in total. The molecule has 2 aromatic rings. The van der Waals surface area contributed by atoms with Gasteiger partial charge in [0.25, 0.3) is 0 Å². The monoisotopic (exact) mass is 480 g/mol. The smallest absolute Gasteiger partial charge is 0.407 e. The second-order valence-corrected chi connectivity index (χ2v) is 10.2. The Morgan fingerprint density at radius 1 is 1.12 bits per heavy atom. The van der Waals surface area contributed by atoms with E-state index in [2.05, 4.69) is 29.6 Å². The number of carboxylic acid groups (broad SMARTS) is 1. The summed E-state index contributed by atoms with van der Waals surface area (Å²) in [7, 11) is 0. The first-order valence-corrected chi connectivity index (χ1v) is 13.0. The number of nitrogens with zero attached hydrogens (tertiary/aromatic N) is 1. The van der Waals surface area contributed by atoms with Crippen molar-refractivity contribution in [1.82, 2.24) is 10.2 Å². The van der Waals surface area contributed by atoms with E-state index < -0.39 is 24.0 Å². The molecule has 2 heterocycles. The molecule has 2 bridgehead atoms. The van der Waals surface area contributed by atoms with Gasteiger partial charge in [0.15, 0.2) is 0 Å². The maximum Gasteiger partial charge on any atom is 0.407 e. The zero-order valence-corrected chi connectivity index (χ0v) is 19.8. The van der Waals surface area contributed by atoms with Crippen LogP contribution >= 0.6 is 11.8 Å². The minimum absolute atomic E-state index is 0.0158. The maximum absolute atomic E-state index is 13.2. The standard InChI is InChI=1S/C26H28N2O5S/c1-34-11-10-21(24(29)28-13-15-12-22(28)23(15)25(30)31)27-26(32)33-14-20-18-8-4-2-6-16(18)17-7-3-5-9-19(17)20/h2-9,15,20-23H,10-14H2,1H3,(H,27,32)(H,30,31)/t15?,21-,22?,23?/m1/s1. The van der Waals surface area contributed by atoms with Crippen molar-refractivity contribution in [2.45, 2.75) is 30.8 Å². The van der Waals surface area contributed by atoms with Crippen LogP contribution in [-0.4, -0.2) is 65.2 Å². The Morgan fingerprint density at radius 2 is 1.76 bits per heavy atom. The molecular formula is C26H28N2O5S. The molecular weight excluding hydrogens is 452 g/mol. The molecule has 34 heavy (non-hydrogen) atoms. The fourth-order valence-corrected chi connectivity index (χ4v) is 6.19. The summed E-state index contributed by atoms with van der Waals surface area (Å²) in [5, 5.41) is 12.2. The Labute approximate surface area is 202 Å². The quantitative estimate of drug-likeness (QED) is 0.600. The average molecular weight is 481 g/mol. The number of ether oxygens (including phenoxy) is 1. The Bertz CT molecular complexity index is 1080. The largest absolute Gasteiger partial charge is 0.481 e. The molecule has 4 atom stereocenters. The van der Waals surface area contributed by atoms with Crippen LogP contribution < -0.4 is 5.32 Å². The molecule has 2 aliphatic carbocycles. The third kappa shape index (κ3) is 3.94. The van der Waals surface area contributed by atoms with Crippen LogP contribution in [0, 0.1) is 11.8 Å². The van der Waals surface area contributed by atoms with Crippen molar-refractivity contribution in [2.24, 2.45) is 11.8 Å². The third-order valence-electron chi connectivity index (χ3n) is 7.41. The number of thioether (sulfide) groups is 1. The van der Waals surface area contributed by atoms with Gasteiger partial charge in [-0.2, -0.15) is 11.8 Å². The second kappa shape index (κ2) is 9.33. The van der Waals surface area contributed by atoms with Crippen molar-refractivity contribution in [3.8, 4) is 11.1 Å². The predicted molar refractivity (Wildman–Crippen MR) is 130 cm³/mol. The van der Waals surface area contributed by atoms with Crippen LogP contribution in [0.3, 0.4) is 0 Å². The van der Waals surface area contributed by atoms with E-state index in [1.54, 1.807) is 16.7 Å². The van der Waals surface area contributed by atoms with Crippen LogP contribution in [-0.2, 0) is 14.3 Å². The summed E-state index contributed by atoms with van der Waals surface area (Å²) < 4.78 is 5.64. The summed E-state index contributed by atoms with van der Waals surface area (Å²) in [4.78, 5) is 39.1. The number of carbonyl (C=O) groups excluding carboxylic acids is 2. The zero-order valence-electron chi connectivity index (χ0n) is 19.0. The lowest BCUT2D eigenvalue weighted by Gasteiger charge is -2.34. The molecule has 2 N–H and O–H groups in total. The van der Waals surface area contributed by atoms with E-state index in [-0.39, 0.29) is 30.4 Å². The van der Waals surface area contributed by atoms with Gasteiger partial charge in [-0.15, -0.1) is 0 Å². The number of carbonyl (C=O) groups is 3. The topological polar surface area (TPSA) is 95.9 Å². The number of hydrogen-bond acceptors (Lipinski definition) is 5. The van der Waals surface area contributed by atoms with E-state index >= 15 is 0 Å². The van der Waals surface area contributed by atoms with Crippen molar-refractivity contribution in [2.75, 3.05) is 25.2 Å². The van der Waals surface area contributed by atoms with Crippen molar-refractivity contribution >= 4 is 29.7 Å². The van der Waals surface area contributed by atoms with Gasteiger partial charge >= 0.3 is 12.1 Å². The number of nitrogens with one attached hydrogen (secondary N) is 1. The van der Waals surface area contributed by atoms with Gasteiger partial charge in [0.2, 0.25) is 5.91 Å². The molecule has 8 heteroatoms. The Kier molecular flexibility index (Phi) is 6.25. The summed E-state index contributed by atoms with van der Waals surface area (Å²) in [6.07, 6.45) is 2.52. The molecule has 4 aliphatic rings. The number of benzene rings is 2.